The van der Waals surface area contributed by atoms with Crippen LogP contribution in [0.15, 0.2) is 24.3 Å². The molecule has 1 aliphatic rings. The lowest BCUT2D eigenvalue weighted by Gasteiger charge is -2.32. The zero-order valence-corrected chi connectivity index (χ0v) is 16.7. The fourth-order valence-corrected chi connectivity index (χ4v) is 2.73. The van der Waals surface area contributed by atoms with E-state index >= 15 is 0 Å². The molecule has 7 nitrogen and oxygen atoms in total. The van der Waals surface area contributed by atoms with Gasteiger partial charge in [-0.1, -0.05) is 0 Å². The van der Waals surface area contributed by atoms with Crippen LogP contribution in [0.1, 0.15) is 40.5 Å². The Morgan fingerprint density at radius 1 is 1.14 bits per heavy atom. The number of anilines is 1. The van der Waals surface area contributed by atoms with E-state index in [1.54, 1.807) is 25.7 Å². The maximum atomic E-state index is 12.9. The highest BCUT2D eigenvalue weighted by molar-refractivity contribution is 5.95. The maximum absolute atomic E-state index is 12.9. The number of nitrogens with zero attached hydrogens (tertiary/aromatic N) is 1. The number of amides is 2. The topological polar surface area (TPSA) is 84.9 Å². The number of hydrogen-bond acceptors (Lipinski definition) is 5. The molecule has 0 saturated carbocycles. The first-order chi connectivity index (χ1) is 13.0. The van der Waals surface area contributed by atoms with Gasteiger partial charge in [0.2, 0.25) is 0 Å². The Labute approximate surface area is 164 Å². The molecule has 1 aromatic carbocycles. The van der Waals surface area contributed by atoms with Crippen molar-refractivity contribution in [3.63, 3.8) is 0 Å². The minimum absolute atomic E-state index is 0.375. The van der Waals surface area contributed by atoms with E-state index in [-0.39, 0.29) is 5.92 Å². The number of ether oxygens (including phenoxy) is 2. The van der Waals surface area contributed by atoms with Crippen molar-refractivity contribution in [3.05, 3.63) is 30.1 Å². The summed E-state index contributed by atoms with van der Waals surface area (Å²) in [4.78, 5) is 38.1. The highest BCUT2D eigenvalue weighted by Crippen LogP contribution is 2.21. The number of esters is 1. The average Bonchev–Trinajstić information content (AvgIpc) is 2.62. The van der Waals surface area contributed by atoms with E-state index in [0.717, 1.165) is 0 Å². The first kappa shape index (κ1) is 21.7. The van der Waals surface area contributed by atoms with Crippen molar-refractivity contribution in [1.82, 2.24) is 4.90 Å². The molecule has 0 spiro atoms. The summed E-state index contributed by atoms with van der Waals surface area (Å²) in [6.45, 7) is 7.66. The van der Waals surface area contributed by atoms with Crippen molar-refractivity contribution in [2.24, 2.45) is 5.92 Å². The van der Waals surface area contributed by atoms with E-state index in [9.17, 15) is 18.8 Å². The highest BCUT2D eigenvalue weighted by atomic mass is 19.1. The largest absolute Gasteiger partial charge is 0.452 e. The molecule has 1 aromatic rings. The summed E-state index contributed by atoms with van der Waals surface area (Å²) >= 11 is 0. The van der Waals surface area contributed by atoms with Crippen LogP contribution in [0.3, 0.4) is 0 Å². The number of nitrogens with one attached hydrogen (secondary N) is 1. The quantitative estimate of drug-likeness (QED) is 0.792. The summed E-state index contributed by atoms with van der Waals surface area (Å²) in [6, 6.07) is 5.30. The Morgan fingerprint density at radius 2 is 1.71 bits per heavy atom. The number of likely N-dealkylation sites (tertiary alicyclic amines) is 1. The third-order valence-corrected chi connectivity index (χ3v) is 4.25. The third kappa shape index (κ3) is 6.51. The molecule has 0 aromatic heterocycles. The average molecular weight is 394 g/mol. The van der Waals surface area contributed by atoms with Crippen molar-refractivity contribution in [2.75, 3.05) is 18.4 Å². The molecule has 28 heavy (non-hydrogen) atoms. The monoisotopic (exact) mass is 394 g/mol. The molecule has 0 bridgehead atoms. The summed E-state index contributed by atoms with van der Waals surface area (Å²) in [6.07, 6.45) is -0.484. The Balaban J connectivity index is 1.79. The molecule has 2 rings (SSSR count). The van der Waals surface area contributed by atoms with Crippen LogP contribution in [0.5, 0.6) is 0 Å². The number of carbonyl (C=O) groups is 3. The second-order valence-corrected chi connectivity index (χ2v) is 7.82. The first-order valence-electron chi connectivity index (χ1n) is 9.30. The fourth-order valence-electron chi connectivity index (χ4n) is 2.73. The van der Waals surface area contributed by atoms with Crippen LogP contribution in [0.2, 0.25) is 0 Å². The van der Waals surface area contributed by atoms with Crippen LogP contribution in [0.25, 0.3) is 0 Å². The lowest BCUT2D eigenvalue weighted by Crippen LogP contribution is -2.43. The molecule has 1 N–H and O–H groups in total. The summed E-state index contributed by atoms with van der Waals surface area (Å²) in [5.41, 5.74) is -0.153. The highest BCUT2D eigenvalue weighted by Gasteiger charge is 2.32. The van der Waals surface area contributed by atoms with Gasteiger partial charge >= 0.3 is 12.1 Å². The van der Waals surface area contributed by atoms with Gasteiger partial charge in [0.15, 0.2) is 6.10 Å². The standard InChI is InChI=1S/C20H27FN2O5/c1-13(17(24)22-16-7-5-15(21)6-8-16)27-18(25)14-9-11-23(12-10-14)19(26)28-20(2,3)4/h5-8,13-14H,9-12H2,1-4H3,(H,22,24)/t13-/m1/s1. The number of rotatable bonds is 4. The van der Waals surface area contributed by atoms with Gasteiger partial charge in [-0.15, -0.1) is 0 Å². The molecule has 1 atom stereocenters. The van der Waals surface area contributed by atoms with Crippen molar-refractivity contribution < 1.29 is 28.2 Å². The molecule has 154 valence electrons. The van der Waals surface area contributed by atoms with Crippen LogP contribution in [0, 0.1) is 11.7 Å². The van der Waals surface area contributed by atoms with E-state index in [1.807, 2.05) is 0 Å². The Bertz CT molecular complexity index is 706. The van der Waals surface area contributed by atoms with Gasteiger partial charge in [-0.2, -0.15) is 0 Å². The molecular formula is C20H27FN2O5. The minimum atomic E-state index is -0.985. The van der Waals surface area contributed by atoms with Gasteiger partial charge in [0.25, 0.3) is 5.91 Å². The molecule has 2 amide bonds. The molecule has 1 heterocycles. The zero-order valence-electron chi connectivity index (χ0n) is 16.7. The van der Waals surface area contributed by atoms with E-state index in [2.05, 4.69) is 5.32 Å². The van der Waals surface area contributed by atoms with Gasteiger partial charge in [-0.25, -0.2) is 9.18 Å². The second kappa shape index (κ2) is 9.03. The van der Waals surface area contributed by atoms with Crippen LogP contribution in [-0.4, -0.2) is 47.7 Å². The number of halogens is 1. The van der Waals surface area contributed by atoms with E-state index in [0.29, 0.717) is 31.6 Å². The lowest BCUT2D eigenvalue weighted by molar-refractivity contribution is -0.158. The summed E-state index contributed by atoms with van der Waals surface area (Å²) < 4.78 is 23.5. The van der Waals surface area contributed by atoms with Crippen molar-refractivity contribution in [3.8, 4) is 0 Å². The maximum Gasteiger partial charge on any atom is 0.410 e. The van der Waals surface area contributed by atoms with Crippen LogP contribution >= 0.6 is 0 Å². The molecule has 0 aliphatic carbocycles. The molecule has 0 radical (unpaired) electrons. The smallest absolute Gasteiger partial charge is 0.410 e. The van der Waals surface area contributed by atoms with Gasteiger partial charge in [-0.3, -0.25) is 9.59 Å². The predicted molar refractivity (Wildman–Crippen MR) is 101 cm³/mol. The number of piperidine rings is 1. The Kier molecular flexibility index (Phi) is 6.99. The van der Waals surface area contributed by atoms with E-state index in [4.69, 9.17) is 9.47 Å². The van der Waals surface area contributed by atoms with Crippen LogP contribution in [0.4, 0.5) is 14.9 Å². The van der Waals surface area contributed by atoms with Gasteiger partial charge in [0.05, 0.1) is 5.92 Å². The third-order valence-electron chi connectivity index (χ3n) is 4.25. The number of carbonyl (C=O) groups excluding carboxylic acids is 3. The van der Waals surface area contributed by atoms with Crippen LogP contribution in [-0.2, 0) is 19.1 Å². The number of hydrogen-bond donors (Lipinski definition) is 1. The van der Waals surface area contributed by atoms with Gasteiger partial charge in [-0.05, 0) is 64.8 Å². The minimum Gasteiger partial charge on any atom is -0.452 e. The first-order valence-corrected chi connectivity index (χ1v) is 9.30. The Hall–Kier alpha value is -2.64. The summed E-state index contributed by atoms with van der Waals surface area (Å²) in [5, 5.41) is 2.57. The number of benzene rings is 1. The Morgan fingerprint density at radius 3 is 2.25 bits per heavy atom. The lowest BCUT2D eigenvalue weighted by atomic mass is 9.97. The molecular weight excluding hydrogens is 367 g/mol. The molecule has 1 aliphatic heterocycles. The van der Waals surface area contributed by atoms with Gasteiger partial charge < -0.3 is 19.7 Å². The van der Waals surface area contributed by atoms with Gasteiger partial charge in [0.1, 0.15) is 11.4 Å². The van der Waals surface area contributed by atoms with E-state index < -0.39 is 35.5 Å². The summed E-state index contributed by atoms with van der Waals surface area (Å²) in [5.74, 6) is -1.74. The van der Waals surface area contributed by atoms with E-state index in [1.165, 1.54) is 31.2 Å². The van der Waals surface area contributed by atoms with Crippen LogP contribution < -0.4 is 5.32 Å². The fraction of sp³-hybridized carbons (Fsp3) is 0.550. The molecule has 8 heteroatoms. The molecule has 0 unspecified atom stereocenters. The predicted octanol–water partition coefficient (Wildman–Crippen LogP) is 3.34. The molecule has 1 fully saturated rings. The van der Waals surface area contributed by atoms with Crippen molar-refractivity contribution in [2.45, 2.75) is 52.2 Å². The van der Waals surface area contributed by atoms with Crippen molar-refractivity contribution >= 4 is 23.7 Å². The molecule has 1 saturated heterocycles. The SMILES string of the molecule is C[C@@H](OC(=O)C1CCN(C(=O)OC(C)(C)C)CC1)C(=O)Nc1ccc(F)cc1. The summed E-state index contributed by atoms with van der Waals surface area (Å²) in [7, 11) is 0. The van der Waals surface area contributed by atoms with Gasteiger partial charge in [0, 0.05) is 18.8 Å². The zero-order chi connectivity index (χ0) is 20.9. The normalized spacial score (nSPS) is 16.2. The second-order valence-electron chi connectivity index (χ2n) is 7.82. The van der Waals surface area contributed by atoms with Crippen molar-refractivity contribution in [1.29, 1.82) is 0 Å².